The van der Waals surface area contributed by atoms with E-state index in [0.717, 1.165) is 4.90 Å². The van der Waals surface area contributed by atoms with Gasteiger partial charge in [-0.2, -0.15) is 14.8 Å². The number of fused-ring (bicyclic) bond motifs is 1. The van der Waals surface area contributed by atoms with Crippen molar-refractivity contribution < 1.29 is 28.7 Å². The van der Waals surface area contributed by atoms with Gasteiger partial charge in [0.1, 0.15) is 29.1 Å². The van der Waals surface area contributed by atoms with E-state index in [-0.39, 0.29) is 46.9 Å². The van der Waals surface area contributed by atoms with Crippen molar-refractivity contribution in [2.24, 2.45) is 4.99 Å². The molecule has 3 aromatic heterocycles. The summed E-state index contributed by atoms with van der Waals surface area (Å²) in [5.41, 5.74) is 1.70. The number of hydrogen-bond acceptors (Lipinski definition) is 7. The van der Waals surface area contributed by atoms with Gasteiger partial charge in [-0.15, -0.1) is 0 Å². The molecule has 1 aliphatic rings. The average Bonchev–Trinajstić information content (AvgIpc) is 3.49. The summed E-state index contributed by atoms with van der Waals surface area (Å²) < 4.78 is 17.3. The molecule has 1 N–H and O–H groups in total. The maximum absolute atomic E-state index is 14.4. The average molecular weight is 612 g/mol. The minimum Gasteiger partial charge on any atom is -0.711 e. The lowest BCUT2D eigenvalue weighted by atomic mass is 10.1. The van der Waals surface area contributed by atoms with Crippen LogP contribution >= 0.6 is 15.9 Å². The molecule has 1 fully saturated rings. The molecule has 2 amide bonds. The number of aryl methyl sites for hydroxylation is 1. The highest BCUT2D eigenvalue weighted by atomic mass is 79.9. The molecular formula is C26H23BrFN7O5. The molecule has 0 spiro atoms. The molecule has 1 aromatic carbocycles. The van der Waals surface area contributed by atoms with Crippen LogP contribution in [0.3, 0.4) is 0 Å². The van der Waals surface area contributed by atoms with Gasteiger partial charge in [0.05, 0.1) is 18.3 Å². The van der Waals surface area contributed by atoms with Crippen LogP contribution in [0.15, 0.2) is 58.3 Å². The smallest absolute Gasteiger partial charge is 0.298 e. The van der Waals surface area contributed by atoms with Gasteiger partial charge in [0, 0.05) is 37.3 Å². The molecule has 12 nitrogen and oxygen atoms in total. The van der Waals surface area contributed by atoms with Crippen LogP contribution in [0.4, 0.5) is 4.39 Å². The molecule has 14 heteroatoms. The van der Waals surface area contributed by atoms with E-state index in [1.54, 1.807) is 37.3 Å². The van der Waals surface area contributed by atoms with E-state index < -0.39 is 24.0 Å². The normalized spacial score (nSPS) is 17.5. The van der Waals surface area contributed by atoms with Crippen molar-refractivity contribution in [2.45, 2.75) is 39.0 Å². The second-order valence-electron chi connectivity index (χ2n) is 9.34. The maximum Gasteiger partial charge on any atom is 0.298 e. The SMILES string of the molecule is CC(=O)c1nn(CC(=O)N2C[C@H](F)C[C@H]2C(=O)N=c2cccc(Br)n2O)c2ccc(-c3cc[n+]([O-])c(C)n3)cc12. The van der Waals surface area contributed by atoms with Crippen LogP contribution in [0.5, 0.6) is 0 Å². The van der Waals surface area contributed by atoms with E-state index in [1.807, 2.05) is 0 Å². The zero-order valence-electron chi connectivity index (χ0n) is 21.4. The van der Waals surface area contributed by atoms with Crippen LogP contribution in [-0.4, -0.2) is 66.0 Å². The Morgan fingerprint density at radius 1 is 1.25 bits per heavy atom. The van der Waals surface area contributed by atoms with Crippen molar-refractivity contribution in [1.82, 2.24) is 24.4 Å². The summed E-state index contributed by atoms with van der Waals surface area (Å²) in [4.78, 5) is 48.0. The van der Waals surface area contributed by atoms with Crippen LogP contribution in [0.2, 0.25) is 0 Å². The van der Waals surface area contributed by atoms with Crippen LogP contribution in [0.25, 0.3) is 22.2 Å². The molecule has 0 unspecified atom stereocenters. The molecule has 0 aliphatic carbocycles. The van der Waals surface area contributed by atoms with Gasteiger partial charge in [-0.1, -0.05) is 6.07 Å². The largest absolute Gasteiger partial charge is 0.711 e. The molecule has 4 heterocycles. The molecule has 206 valence electrons. The summed E-state index contributed by atoms with van der Waals surface area (Å²) in [5, 5.41) is 26.6. The third-order valence-corrected chi connectivity index (χ3v) is 7.21. The van der Waals surface area contributed by atoms with Crippen molar-refractivity contribution in [1.29, 1.82) is 0 Å². The third-order valence-electron chi connectivity index (χ3n) is 6.61. The molecule has 0 saturated carbocycles. The Balaban J connectivity index is 1.46. The lowest BCUT2D eigenvalue weighted by Crippen LogP contribution is -2.42. The number of halogens is 2. The number of rotatable bonds is 5. The monoisotopic (exact) mass is 611 g/mol. The van der Waals surface area contributed by atoms with E-state index in [1.165, 1.54) is 29.9 Å². The van der Waals surface area contributed by atoms with Crippen molar-refractivity contribution in [3.05, 3.63) is 75.5 Å². The summed E-state index contributed by atoms with van der Waals surface area (Å²) >= 11 is 3.12. The molecule has 0 bridgehead atoms. The number of carbonyl (C=O) groups excluding carboxylic acids is 3. The highest BCUT2D eigenvalue weighted by molar-refractivity contribution is 9.10. The van der Waals surface area contributed by atoms with Gasteiger partial charge >= 0.3 is 0 Å². The van der Waals surface area contributed by atoms with Gasteiger partial charge in [0.15, 0.2) is 17.0 Å². The summed E-state index contributed by atoms with van der Waals surface area (Å²) in [6.45, 7) is 2.27. The summed E-state index contributed by atoms with van der Waals surface area (Å²) in [6.07, 6.45) is -0.330. The van der Waals surface area contributed by atoms with Crippen molar-refractivity contribution in [2.75, 3.05) is 6.54 Å². The number of aromatic nitrogens is 5. The molecule has 1 aliphatic heterocycles. The Labute approximate surface area is 234 Å². The number of nitrogens with zero attached hydrogens (tertiary/aromatic N) is 7. The van der Waals surface area contributed by atoms with Crippen molar-refractivity contribution >= 4 is 44.4 Å². The van der Waals surface area contributed by atoms with Gasteiger partial charge in [-0.3, -0.25) is 19.1 Å². The Hall–Kier alpha value is -4.46. The predicted molar refractivity (Wildman–Crippen MR) is 142 cm³/mol. The first-order valence-electron chi connectivity index (χ1n) is 12.2. The summed E-state index contributed by atoms with van der Waals surface area (Å²) in [6, 6.07) is 10.0. The van der Waals surface area contributed by atoms with Gasteiger partial charge in [0.25, 0.3) is 11.7 Å². The molecular weight excluding hydrogens is 589 g/mol. The predicted octanol–water partition coefficient (Wildman–Crippen LogP) is 2.11. The lowest BCUT2D eigenvalue weighted by molar-refractivity contribution is -0.615. The zero-order chi connectivity index (χ0) is 28.7. The number of ketones is 1. The zero-order valence-corrected chi connectivity index (χ0v) is 22.9. The van der Waals surface area contributed by atoms with Gasteiger partial charge in [-0.25, -0.2) is 9.12 Å². The Kier molecular flexibility index (Phi) is 7.19. The van der Waals surface area contributed by atoms with Gasteiger partial charge in [-0.05, 0) is 51.2 Å². The second-order valence-corrected chi connectivity index (χ2v) is 10.2. The van der Waals surface area contributed by atoms with Crippen molar-refractivity contribution in [3.63, 3.8) is 0 Å². The van der Waals surface area contributed by atoms with E-state index in [2.05, 4.69) is 31.0 Å². The van der Waals surface area contributed by atoms with Gasteiger partial charge < -0.3 is 15.3 Å². The number of amides is 2. The lowest BCUT2D eigenvalue weighted by Gasteiger charge is -2.22. The number of benzene rings is 1. The van der Waals surface area contributed by atoms with Gasteiger partial charge in [0.2, 0.25) is 5.91 Å². The van der Waals surface area contributed by atoms with Crippen LogP contribution in [-0.2, 0) is 16.1 Å². The highest BCUT2D eigenvalue weighted by Gasteiger charge is 2.40. The first kappa shape index (κ1) is 27.1. The van der Waals surface area contributed by atoms with E-state index in [9.17, 15) is 29.2 Å². The minimum atomic E-state index is -1.43. The molecule has 40 heavy (non-hydrogen) atoms. The molecule has 2 atom stereocenters. The summed E-state index contributed by atoms with van der Waals surface area (Å²) in [7, 11) is 0. The Morgan fingerprint density at radius 3 is 2.75 bits per heavy atom. The fourth-order valence-electron chi connectivity index (χ4n) is 4.64. The molecule has 4 aromatic rings. The number of Topliss-reactive ketones (excluding diaryl/α,β-unsaturated/α-hetero) is 1. The second kappa shape index (κ2) is 10.6. The Bertz CT molecular complexity index is 1750. The number of pyridine rings is 1. The van der Waals surface area contributed by atoms with Crippen LogP contribution in [0.1, 0.15) is 29.7 Å². The Morgan fingerprint density at radius 2 is 2.02 bits per heavy atom. The van der Waals surface area contributed by atoms with Crippen LogP contribution in [0, 0.1) is 12.1 Å². The van der Waals surface area contributed by atoms with E-state index >= 15 is 0 Å². The van der Waals surface area contributed by atoms with E-state index in [0.29, 0.717) is 31.6 Å². The maximum atomic E-state index is 14.4. The molecule has 5 rings (SSSR count). The van der Waals surface area contributed by atoms with Crippen molar-refractivity contribution in [3.8, 4) is 11.3 Å². The number of carbonyl (C=O) groups is 3. The topological polar surface area (TPSA) is 150 Å². The standard InChI is InChI=1S/C26H23BrFN7O5/c1-14(36)25-18-10-16(19-8-9-34(39)15(2)29-19)6-7-20(18)33(31-25)13-24(37)32-12-17(28)11-21(32)26(38)30-23-5-3-4-22(27)35(23)40/h3-10,17,21,40H,11-13H2,1-2H3/t17-,21+/m1/s1. The summed E-state index contributed by atoms with van der Waals surface area (Å²) in [5.74, 6) is -1.43. The number of likely N-dealkylation sites (tertiary alicyclic amines) is 1. The van der Waals surface area contributed by atoms with Crippen LogP contribution < -0.4 is 10.2 Å². The molecule has 1 saturated heterocycles. The number of alkyl halides is 1. The fourth-order valence-corrected chi connectivity index (χ4v) is 4.97. The first-order chi connectivity index (χ1) is 19.0. The minimum absolute atomic E-state index is 0.0813. The quantitative estimate of drug-likeness (QED) is 0.119. The highest BCUT2D eigenvalue weighted by Crippen LogP contribution is 2.27. The third kappa shape index (κ3) is 5.09. The number of hydrogen-bond donors (Lipinski definition) is 1. The van der Waals surface area contributed by atoms with E-state index in [4.69, 9.17) is 0 Å². The fraction of sp³-hybridized carbons (Fsp3) is 0.269. The molecule has 0 radical (unpaired) electrons. The first-order valence-corrected chi connectivity index (χ1v) is 13.0.